The molecule has 0 bridgehead atoms. The van der Waals surface area contributed by atoms with Crippen LogP contribution in [0, 0.1) is 13.8 Å². The molecule has 0 saturated carbocycles. The van der Waals surface area contributed by atoms with Gasteiger partial charge >= 0.3 is 0 Å². The number of carbonyl (C=O) groups excluding carboxylic acids is 1. The number of piperazine rings is 1. The third-order valence-corrected chi connectivity index (χ3v) is 8.59. The van der Waals surface area contributed by atoms with Crippen LogP contribution in [0.4, 0.5) is 0 Å². The fraction of sp³-hybridized carbons (Fsp3) is 0.476. The average molecular weight is 436 g/mol. The van der Waals surface area contributed by atoms with Crippen molar-refractivity contribution in [3.63, 3.8) is 0 Å². The van der Waals surface area contributed by atoms with E-state index in [1.807, 2.05) is 62.9 Å². The van der Waals surface area contributed by atoms with Gasteiger partial charge in [-0.15, -0.1) is 11.3 Å². The van der Waals surface area contributed by atoms with Crippen LogP contribution in [0.3, 0.4) is 0 Å². The van der Waals surface area contributed by atoms with Crippen molar-refractivity contribution < 1.29 is 13.2 Å². The molecule has 2 unspecified atom stereocenters. The van der Waals surface area contributed by atoms with Gasteiger partial charge in [0.25, 0.3) is 0 Å². The number of nitrogens with one attached hydrogen (secondary N) is 1. The first kappa shape index (κ1) is 22.0. The maximum atomic E-state index is 13.0. The van der Waals surface area contributed by atoms with Gasteiger partial charge in [-0.3, -0.25) is 9.69 Å². The van der Waals surface area contributed by atoms with Crippen molar-refractivity contribution in [1.82, 2.24) is 14.5 Å². The van der Waals surface area contributed by atoms with E-state index >= 15 is 0 Å². The molecule has 0 radical (unpaired) electrons. The highest BCUT2D eigenvalue weighted by Gasteiger charge is 2.33. The number of aryl methyl sites for hydroxylation is 2. The van der Waals surface area contributed by atoms with Crippen molar-refractivity contribution in [3.05, 3.63) is 51.7 Å². The standard InChI is InChI=1S/C21H29N3O3S2/c1-15-14-20(18(4)28-15)29(26,27)24-12-10-23(11-13-24)17(3)21(25)22-16(2)19-8-6-5-7-9-19/h5-9,14,16-17H,10-13H2,1-4H3,(H,22,25). The van der Waals surface area contributed by atoms with E-state index in [0.717, 1.165) is 15.3 Å². The van der Waals surface area contributed by atoms with Gasteiger partial charge in [0.15, 0.2) is 0 Å². The summed E-state index contributed by atoms with van der Waals surface area (Å²) in [4.78, 5) is 17.0. The Balaban J connectivity index is 1.58. The van der Waals surface area contributed by atoms with Crippen LogP contribution in [-0.4, -0.2) is 55.8 Å². The predicted molar refractivity (Wildman–Crippen MR) is 117 cm³/mol. The number of carbonyl (C=O) groups is 1. The highest BCUT2D eigenvalue weighted by atomic mass is 32.2. The lowest BCUT2D eigenvalue weighted by atomic mass is 10.1. The number of hydrogen-bond donors (Lipinski definition) is 1. The minimum Gasteiger partial charge on any atom is -0.348 e. The minimum absolute atomic E-state index is 0.0398. The maximum Gasteiger partial charge on any atom is 0.244 e. The van der Waals surface area contributed by atoms with E-state index in [0.29, 0.717) is 31.1 Å². The van der Waals surface area contributed by atoms with Crippen LogP contribution >= 0.6 is 11.3 Å². The molecular weight excluding hydrogens is 406 g/mol. The molecule has 158 valence electrons. The molecule has 1 saturated heterocycles. The number of hydrogen-bond acceptors (Lipinski definition) is 5. The largest absolute Gasteiger partial charge is 0.348 e. The lowest BCUT2D eigenvalue weighted by Crippen LogP contribution is -2.55. The van der Waals surface area contributed by atoms with E-state index in [2.05, 4.69) is 5.32 Å². The Hall–Kier alpha value is -1.74. The molecule has 2 heterocycles. The number of benzene rings is 1. The summed E-state index contributed by atoms with van der Waals surface area (Å²) in [6, 6.07) is 11.2. The summed E-state index contributed by atoms with van der Waals surface area (Å²) < 4.78 is 27.5. The van der Waals surface area contributed by atoms with Gasteiger partial charge in [0.1, 0.15) is 0 Å². The third kappa shape index (κ3) is 4.88. The smallest absolute Gasteiger partial charge is 0.244 e. The minimum atomic E-state index is -3.48. The number of thiophene rings is 1. The molecule has 1 aromatic carbocycles. The Labute approximate surface area is 177 Å². The molecule has 2 aromatic rings. The molecule has 1 aromatic heterocycles. The van der Waals surface area contributed by atoms with Crippen LogP contribution in [0.2, 0.25) is 0 Å². The maximum absolute atomic E-state index is 13.0. The highest BCUT2D eigenvalue weighted by Crippen LogP contribution is 2.28. The van der Waals surface area contributed by atoms with Crippen LogP contribution < -0.4 is 5.32 Å². The Morgan fingerprint density at radius 3 is 2.24 bits per heavy atom. The van der Waals surface area contributed by atoms with Crippen LogP contribution in [0.15, 0.2) is 41.3 Å². The van der Waals surface area contributed by atoms with Crippen LogP contribution in [0.5, 0.6) is 0 Å². The lowest BCUT2D eigenvalue weighted by Gasteiger charge is -2.37. The van der Waals surface area contributed by atoms with Gasteiger partial charge in [-0.1, -0.05) is 30.3 Å². The summed E-state index contributed by atoms with van der Waals surface area (Å²) in [6.07, 6.45) is 0. The Bertz CT molecular complexity index is 949. The van der Waals surface area contributed by atoms with Crippen molar-refractivity contribution in [3.8, 4) is 0 Å². The van der Waals surface area contributed by atoms with Crippen molar-refractivity contribution in [2.75, 3.05) is 26.2 Å². The molecule has 6 nitrogen and oxygen atoms in total. The van der Waals surface area contributed by atoms with Crippen molar-refractivity contribution in [2.45, 2.75) is 44.7 Å². The van der Waals surface area contributed by atoms with Crippen molar-refractivity contribution in [1.29, 1.82) is 0 Å². The van der Waals surface area contributed by atoms with E-state index < -0.39 is 10.0 Å². The van der Waals surface area contributed by atoms with E-state index in [-0.39, 0.29) is 18.0 Å². The van der Waals surface area contributed by atoms with Gasteiger partial charge in [-0.05, 0) is 39.3 Å². The molecule has 2 atom stereocenters. The van der Waals surface area contributed by atoms with E-state index in [4.69, 9.17) is 0 Å². The van der Waals surface area contributed by atoms with Gasteiger partial charge < -0.3 is 5.32 Å². The Morgan fingerprint density at radius 1 is 1.07 bits per heavy atom. The van der Waals surface area contributed by atoms with E-state index in [1.165, 1.54) is 15.6 Å². The number of rotatable bonds is 6. The Kier molecular flexibility index (Phi) is 6.78. The molecule has 1 N–H and O–H groups in total. The first-order valence-corrected chi connectivity index (χ1v) is 12.1. The second-order valence-electron chi connectivity index (χ2n) is 7.53. The molecular formula is C21H29N3O3S2. The molecule has 1 aliphatic rings. The lowest BCUT2D eigenvalue weighted by molar-refractivity contribution is -0.127. The van der Waals surface area contributed by atoms with Gasteiger partial charge in [-0.25, -0.2) is 8.42 Å². The number of amides is 1. The third-order valence-electron chi connectivity index (χ3n) is 5.47. The second-order valence-corrected chi connectivity index (χ2v) is 10.9. The average Bonchev–Trinajstić information content (AvgIpc) is 3.07. The fourth-order valence-electron chi connectivity index (χ4n) is 3.66. The summed E-state index contributed by atoms with van der Waals surface area (Å²) in [5, 5.41) is 3.06. The first-order chi connectivity index (χ1) is 13.7. The molecule has 8 heteroatoms. The molecule has 1 aliphatic heterocycles. The molecule has 3 rings (SSSR count). The van der Waals surface area contributed by atoms with Gasteiger partial charge in [0.05, 0.1) is 17.0 Å². The predicted octanol–water partition coefficient (Wildman–Crippen LogP) is 2.94. The van der Waals surface area contributed by atoms with E-state index in [1.54, 1.807) is 6.07 Å². The summed E-state index contributed by atoms with van der Waals surface area (Å²) in [7, 11) is -3.48. The molecule has 29 heavy (non-hydrogen) atoms. The zero-order chi connectivity index (χ0) is 21.2. The van der Waals surface area contributed by atoms with Gasteiger partial charge in [0, 0.05) is 35.9 Å². The van der Waals surface area contributed by atoms with Crippen LogP contribution in [-0.2, 0) is 14.8 Å². The summed E-state index contributed by atoms with van der Waals surface area (Å²) in [6.45, 7) is 9.47. The molecule has 1 amide bonds. The molecule has 0 spiro atoms. The fourth-order valence-corrected chi connectivity index (χ4v) is 6.60. The van der Waals surface area contributed by atoms with E-state index in [9.17, 15) is 13.2 Å². The monoisotopic (exact) mass is 435 g/mol. The van der Waals surface area contributed by atoms with Gasteiger partial charge in [-0.2, -0.15) is 4.31 Å². The normalized spacial score (nSPS) is 18.3. The highest BCUT2D eigenvalue weighted by molar-refractivity contribution is 7.89. The zero-order valence-electron chi connectivity index (χ0n) is 17.4. The first-order valence-electron chi connectivity index (χ1n) is 9.86. The Morgan fingerprint density at radius 2 is 1.69 bits per heavy atom. The number of sulfonamides is 1. The van der Waals surface area contributed by atoms with Crippen molar-refractivity contribution in [2.24, 2.45) is 0 Å². The van der Waals surface area contributed by atoms with Gasteiger partial charge in [0.2, 0.25) is 15.9 Å². The topological polar surface area (TPSA) is 69.7 Å². The quantitative estimate of drug-likeness (QED) is 0.757. The van der Waals surface area contributed by atoms with Crippen molar-refractivity contribution >= 4 is 27.3 Å². The second kappa shape index (κ2) is 8.95. The number of nitrogens with zero attached hydrogens (tertiary/aromatic N) is 2. The summed E-state index contributed by atoms with van der Waals surface area (Å²) in [5.74, 6) is -0.0398. The van der Waals surface area contributed by atoms with Crippen LogP contribution in [0.1, 0.15) is 35.2 Å². The zero-order valence-corrected chi connectivity index (χ0v) is 19.0. The molecule has 1 fully saturated rings. The molecule has 0 aliphatic carbocycles. The van der Waals surface area contributed by atoms with Crippen LogP contribution in [0.25, 0.3) is 0 Å². The summed E-state index contributed by atoms with van der Waals surface area (Å²) >= 11 is 1.50. The summed E-state index contributed by atoms with van der Waals surface area (Å²) in [5.41, 5.74) is 1.06. The SMILES string of the molecule is Cc1cc(S(=O)(=O)N2CCN(C(C)C(=O)NC(C)c3ccccc3)CC2)c(C)s1.